The number of fused-ring (bicyclic) bond motifs is 14. The Morgan fingerprint density at radius 1 is 0.250 bits per heavy atom. The molecule has 9 aromatic carbocycles. The molecule has 0 saturated heterocycles. The molecule has 13 rings (SSSR count). The van der Waals surface area contributed by atoms with E-state index in [2.05, 4.69) is 262 Å². The van der Waals surface area contributed by atoms with Gasteiger partial charge in [-0.25, -0.2) is 0 Å². The van der Waals surface area contributed by atoms with E-state index in [1.807, 2.05) is 0 Å². The van der Waals surface area contributed by atoms with Crippen molar-refractivity contribution in [3.05, 3.63) is 192 Å². The van der Waals surface area contributed by atoms with Crippen molar-refractivity contribution in [2.45, 2.75) is 105 Å². The first-order valence-electron chi connectivity index (χ1n) is 26.1. The largest absolute Gasteiger partial charge is 0.307 e. The van der Waals surface area contributed by atoms with Gasteiger partial charge in [-0.05, 0) is 89.4 Å². The molecule has 4 heterocycles. The first-order valence-corrected chi connectivity index (χ1v) is 26.1. The van der Waals surface area contributed by atoms with Gasteiger partial charge in [-0.3, -0.25) is 0 Å². The van der Waals surface area contributed by atoms with E-state index in [4.69, 9.17) is 0 Å². The summed E-state index contributed by atoms with van der Waals surface area (Å²) >= 11 is 0. The zero-order valence-electron chi connectivity index (χ0n) is 44.1. The highest BCUT2D eigenvalue weighted by Gasteiger charge is 2.31. The summed E-state index contributed by atoms with van der Waals surface area (Å²) in [6, 6.07) is 65.9. The second-order valence-electron chi connectivity index (χ2n) is 25.0. The van der Waals surface area contributed by atoms with Crippen LogP contribution in [0.5, 0.6) is 0 Å². The number of hydrogen-bond donors (Lipinski definition) is 0. The van der Waals surface area contributed by atoms with Gasteiger partial charge >= 0.3 is 0 Å². The molecule has 0 fully saturated rings. The van der Waals surface area contributed by atoms with Crippen molar-refractivity contribution < 1.29 is 0 Å². The average molecular weight is 933 g/mol. The maximum Gasteiger partial charge on any atom is 0.0634 e. The third-order valence-electron chi connectivity index (χ3n) is 16.3. The van der Waals surface area contributed by atoms with Gasteiger partial charge in [0.2, 0.25) is 0 Å². The van der Waals surface area contributed by atoms with Crippen LogP contribution in [-0.4, -0.2) is 8.80 Å². The Hall–Kier alpha value is -7.42. The van der Waals surface area contributed by atoms with Crippen LogP contribution < -0.4 is 0 Å². The second-order valence-corrected chi connectivity index (χ2v) is 25.0. The van der Waals surface area contributed by atoms with Crippen molar-refractivity contribution in [3.63, 3.8) is 0 Å². The van der Waals surface area contributed by atoms with E-state index >= 15 is 0 Å². The summed E-state index contributed by atoms with van der Waals surface area (Å²) in [5.41, 5.74) is 23.1. The van der Waals surface area contributed by atoms with Crippen LogP contribution in [0.2, 0.25) is 0 Å². The average Bonchev–Trinajstić information content (AvgIpc) is 4.08. The lowest BCUT2D eigenvalue weighted by molar-refractivity contribution is 0.590. The number of benzene rings is 9. The molecule has 13 aromatic rings. The van der Waals surface area contributed by atoms with Crippen molar-refractivity contribution >= 4 is 76.2 Å². The molecule has 0 spiro atoms. The third-order valence-corrected chi connectivity index (χ3v) is 16.3. The smallest absolute Gasteiger partial charge is 0.0634 e. The highest BCUT2D eigenvalue weighted by molar-refractivity contribution is 6.46. The molecule has 0 bridgehead atoms. The van der Waals surface area contributed by atoms with Crippen molar-refractivity contribution in [3.8, 4) is 44.5 Å². The number of aromatic nitrogens is 2. The second kappa shape index (κ2) is 15.1. The van der Waals surface area contributed by atoms with Gasteiger partial charge in [0.15, 0.2) is 0 Å². The van der Waals surface area contributed by atoms with Crippen LogP contribution in [0, 0.1) is 0 Å². The standard InChI is InChI=1S/C70H64N2/c1-67(2,3)47-29-19-41(20-30-47)45-27-37-53-57(39-45)71-63-51(43-23-33-49(34-24-43)69(7,8)9)15-13-17-55(63)62-60-54-38-28-46(42-21-31-48(32-22-42)68(4,5)6)40-58(54)72-64-52(44-25-35-50(36-26-44)70(10,11)12)16-14-18-56(64)61(66(60)72)59(53)65(62)71/h13-40H,1-12H3. The van der Waals surface area contributed by atoms with Gasteiger partial charge in [-0.1, -0.05) is 241 Å². The lowest BCUT2D eigenvalue weighted by Crippen LogP contribution is -2.10. The highest BCUT2D eigenvalue weighted by atomic mass is 14.9. The zero-order valence-corrected chi connectivity index (χ0v) is 44.1. The van der Waals surface area contributed by atoms with Gasteiger partial charge in [0.1, 0.15) is 0 Å². The molecule has 0 amide bonds. The van der Waals surface area contributed by atoms with Crippen LogP contribution in [0.3, 0.4) is 0 Å². The summed E-state index contributed by atoms with van der Waals surface area (Å²) in [4.78, 5) is 0. The Kier molecular flexibility index (Phi) is 9.31. The van der Waals surface area contributed by atoms with Crippen molar-refractivity contribution in [1.29, 1.82) is 0 Å². The van der Waals surface area contributed by atoms with Crippen LogP contribution in [0.4, 0.5) is 0 Å². The van der Waals surface area contributed by atoms with Crippen molar-refractivity contribution in [2.24, 2.45) is 0 Å². The molecule has 354 valence electrons. The lowest BCUT2D eigenvalue weighted by atomic mass is 9.86. The minimum absolute atomic E-state index is 0.0590. The van der Waals surface area contributed by atoms with Crippen LogP contribution in [0.15, 0.2) is 170 Å². The van der Waals surface area contributed by atoms with E-state index in [0.717, 1.165) is 0 Å². The highest BCUT2D eigenvalue weighted by Crippen LogP contribution is 2.54. The summed E-state index contributed by atoms with van der Waals surface area (Å²) in [5.74, 6) is 0. The fraction of sp³-hybridized carbons (Fsp3) is 0.229. The molecule has 0 aliphatic rings. The maximum atomic E-state index is 2.66. The topological polar surface area (TPSA) is 8.82 Å². The Bertz CT molecular complexity index is 4000. The summed E-state index contributed by atoms with van der Waals surface area (Å²) in [5, 5.41) is 10.5. The summed E-state index contributed by atoms with van der Waals surface area (Å²) < 4.78 is 5.32. The molecule has 0 radical (unpaired) electrons. The molecule has 0 atom stereocenters. The Balaban J connectivity index is 1.20. The van der Waals surface area contributed by atoms with Gasteiger partial charge in [0.25, 0.3) is 0 Å². The first kappa shape index (κ1) is 44.5. The van der Waals surface area contributed by atoms with Crippen molar-refractivity contribution in [2.75, 3.05) is 0 Å². The molecule has 2 nitrogen and oxygen atoms in total. The molecule has 4 aromatic heterocycles. The maximum absolute atomic E-state index is 2.66. The first-order chi connectivity index (χ1) is 34.3. The molecular formula is C70H64N2. The van der Waals surface area contributed by atoms with E-state index in [0.29, 0.717) is 0 Å². The summed E-state index contributed by atoms with van der Waals surface area (Å²) in [7, 11) is 0. The quantitative estimate of drug-likeness (QED) is 0.166. The molecule has 2 heteroatoms. The monoisotopic (exact) mass is 933 g/mol. The Morgan fingerprint density at radius 2 is 0.528 bits per heavy atom. The van der Waals surface area contributed by atoms with Crippen molar-refractivity contribution in [1.82, 2.24) is 8.80 Å². The fourth-order valence-corrected chi connectivity index (χ4v) is 12.2. The molecule has 0 aliphatic carbocycles. The van der Waals surface area contributed by atoms with E-state index < -0.39 is 0 Å². The normalized spacial score (nSPS) is 13.3. The zero-order chi connectivity index (χ0) is 50.0. The van der Waals surface area contributed by atoms with Gasteiger partial charge in [-0.2, -0.15) is 0 Å². The SMILES string of the molecule is CC(C)(C)c1ccc(-c2ccc3c4c5c6cccc(-c7ccc(C(C)(C)C)cc7)c6n6c7cc(-c8ccc(C(C)(C)C)cc8)ccc7c(c7c8cccc(-c9ccc(C(C)(C)C)cc9)c8n(c3c2)c47)c56)cc1. The van der Waals surface area contributed by atoms with Gasteiger partial charge in [0, 0.05) is 54.2 Å². The van der Waals surface area contributed by atoms with Crippen LogP contribution in [0.25, 0.3) is 121 Å². The van der Waals surface area contributed by atoms with Crippen LogP contribution >= 0.6 is 0 Å². The molecule has 72 heavy (non-hydrogen) atoms. The van der Waals surface area contributed by atoms with E-state index in [-0.39, 0.29) is 21.7 Å². The number of para-hydroxylation sites is 2. The number of nitrogens with zero attached hydrogens (tertiary/aromatic N) is 2. The predicted molar refractivity (Wildman–Crippen MR) is 312 cm³/mol. The molecule has 0 N–H and O–H groups in total. The van der Waals surface area contributed by atoms with Crippen LogP contribution in [-0.2, 0) is 21.7 Å². The molecular weight excluding hydrogens is 869 g/mol. The lowest BCUT2D eigenvalue weighted by Gasteiger charge is -2.19. The van der Waals surface area contributed by atoms with E-state index in [9.17, 15) is 0 Å². The molecule has 0 aliphatic heterocycles. The number of rotatable bonds is 4. The number of hydrogen-bond acceptors (Lipinski definition) is 0. The fourth-order valence-electron chi connectivity index (χ4n) is 12.2. The minimum Gasteiger partial charge on any atom is -0.307 e. The third kappa shape index (κ3) is 6.53. The molecule has 0 saturated carbocycles. The summed E-state index contributed by atoms with van der Waals surface area (Å²) in [6.07, 6.45) is 0. The summed E-state index contributed by atoms with van der Waals surface area (Å²) in [6.45, 7) is 27.6. The Labute approximate surface area is 424 Å². The van der Waals surface area contributed by atoms with Gasteiger partial charge in [0.05, 0.1) is 33.1 Å². The molecule has 0 unspecified atom stereocenters. The van der Waals surface area contributed by atoms with E-state index in [1.165, 1.54) is 143 Å². The van der Waals surface area contributed by atoms with Gasteiger partial charge < -0.3 is 8.80 Å². The van der Waals surface area contributed by atoms with Gasteiger partial charge in [-0.15, -0.1) is 0 Å². The predicted octanol–water partition coefficient (Wildman–Crippen LogP) is 19.8. The minimum atomic E-state index is 0.0590. The Morgan fingerprint density at radius 3 is 0.833 bits per heavy atom. The van der Waals surface area contributed by atoms with E-state index in [1.54, 1.807) is 0 Å². The van der Waals surface area contributed by atoms with Crippen LogP contribution in [0.1, 0.15) is 105 Å².